The molecule has 10 heteroatoms. The molecule has 212 valence electrons. The van der Waals surface area contributed by atoms with Crippen LogP contribution in [0.3, 0.4) is 0 Å². The molecule has 2 N–H and O–H groups in total. The van der Waals surface area contributed by atoms with Gasteiger partial charge in [0.05, 0.1) is 12.1 Å². The minimum atomic E-state index is -2.76. The summed E-state index contributed by atoms with van der Waals surface area (Å²) in [6, 6.07) is 14.9. The number of halogens is 3. The summed E-state index contributed by atoms with van der Waals surface area (Å²) in [5.74, 6) is -2.67. The number of anilines is 1. The number of nitrogens with one attached hydrogen (secondary N) is 1. The molecule has 7 nitrogen and oxygen atoms in total. The molecule has 5 aliphatic heterocycles. The number of phenolic OH excluding ortho intramolecular Hbond substituents is 1. The second kappa shape index (κ2) is 8.93. The number of piperidine rings is 1. The van der Waals surface area contributed by atoms with Gasteiger partial charge in [-0.3, -0.25) is 4.90 Å². The van der Waals surface area contributed by atoms with Crippen molar-refractivity contribution in [3.63, 3.8) is 0 Å². The number of alkyl halides is 2. The van der Waals surface area contributed by atoms with Gasteiger partial charge in [0, 0.05) is 42.5 Å². The molecule has 0 radical (unpaired) electrons. The first kappa shape index (κ1) is 25.1. The molecule has 9 rings (SSSR count). The summed E-state index contributed by atoms with van der Waals surface area (Å²) < 4.78 is 51.4. The van der Waals surface area contributed by atoms with Crippen molar-refractivity contribution >= 4 is 27.5 Å². The van der Waals surface area contributed by atoms with Crippen LogP contribution in [0.2, 0.25) is 0 Å². The van der Waals surface area contributed by atoms with Gasteiger partial charge in [-0.15, -0.1) is 0 Å². The number of aromatic nitrogens is 2. The highest BCUT2D eigenvalue weighted by atomic mass is 19.3. The molecule has 0 spiro atoms. The number of piperazine rings is 1. The Bertz CT molecular complexity index is 1680. The van der Waals surface area contributed by atoms with Crippen molar-refractivity contribution in [2.24, 2.45) is 0 Å². The summed E-state index contributed by atoms with van der Waals surface area (Å²) in [5, 5.41) is 16.1. The van der Waals surface area contributed by atoms with Crippen LogP contribution in [0.1, 0.15) is 25.7 Å². The third-order valence-electron chi connectivity index (χ3n) is 9.35. The van der Waals surface area contributed by atoms with Gasteiger partial charge in [0.2, 0.25) is 0 Å². The monoisotopic (exact) mass is 561 g/mol. The van der Waals surface area contributed by atoms with Crippen LogP contribution in [-0.2, 0) is 0 Å². The zero-order valence-electron chi connectivity index (χ0n) is 22.4. The van der Waals surface area contributed by atoms with E-state index >= 15 is 4.39 Å². The van der Waals surface area contributed by atoms with E-state index in [-0.39, 0.29) is 36.8 Å². The number of phenols is 1. The fourth-order valence-corrected chi connectivity index (χ4v) is 7.51. The van der Waals surface area contributed by atoms with Gasteiger partial charge < -0.3 is 20.1 Å². The molecule has 3 atom stereocenters. The molecule has 2 bridgehead atoms. The summed E-state index contributed by atoms with van der Waals surface area (Å²) >= 11 is 0. The van der Waals surface area contributed by atoms with Gasteiger partial charge in [0.15, 0.2) is 5.82 Å². The van der Waals surface area contributed by atoms with Gasteiger partial charge >= 0.3 is 6.01 Å². The smallest absolute Gasteiger partial charge is 0.319 e. The summed E-state index contributed by atoms with van der Waals surface area (Å²) in [7, 11) is 0. The van der Waals surface area contributed by atoms with E-state index in [0.717, 1.165) is 36.7 Å². The maximum atomic E-state index is 16.5. The van der Waals surface area contributed by atoms with Crippen LogP contribution in [0.4, 0.5) is 19.0 Å². The van der Waals surface area contributed by atoms with Crippen LogP contribution in [0, 0.1) is 5.82 Å². The van der Waals surface area contributed by atoms with Crippen molar-refractivity contribution in [3.05, 3.63) is 54.3 Å². The second-order valence-electron chi connectivity index (χ2n) is 12.1. The van der Waals surface area contributed by atoms with Crippen molar-refractivity contribution in [1.82, 2.24) is 20.2 Å². The van der Waals surface area contributed by atoms with Crippen molar-refractivity contribution in [3.8, 4) is 22.9 Å². The van der Waals surface area contributed by atoms with Gasteiger partial charge in [-0.05, 0) is 60.3 Å². The molecule has 3 unspecified atom stereocenters. The maximum absolute atomic E-state index is 16.5. The van der Waals surface area contributed by atoms with Gasteiger partial charge in [0.25, 0.3) is 5.92 Å². The summed E-state index contributed by atoms with van der Waals surface area (Å²) in [4.78, 5) is 13.2. The quantitative estimate of drug-likeness (QED) is 0.351. The van der Waals surface area contributed by atoms with E-state index in [0.29, 0.717) is 47.4 Å². The van der Waals surface area contributed by atoms with Crippen LogP contribution >= 0.6 is 0 Å². The Labute approximate surface area is 234 Å². The fourth-order valence-electron chi connectivity index (χ4n) is 7.51. The first-order valence-electron chi connectivity index (χ1n) is 14.3. The number of benzene rings is 3. The predicted octanol–water partition coefficient (Wildman–Crippen LogP) is 5.10. The lowest BCUT2D eigenvalue weighted by Gasteiger charge is -2.48. The maximum Gasteiger partial charge on any atom is 0.319 e. The molecule has 6 heterocycles. The zero-order chi connectivity index (χ0) is 27.9. The van der Waals surface area contributed by atoms with Crippen LogP contribution < -0.4 is 15.0 Å². The van der Waals surface area contributed by atoms with E-state index in [9.17, 15) is 13.9 Å². The largest absolute Gasteiger partial charge is 0.508 e. The van der Waals surface area contributed by atoms with Crippen LogP contribution in [-0.4, -0.2) is 76.3 Å². The lowest BCUT2D eigenvalue weighted by atomic mass is 9.91. The number of rotatable bonds is 5. The molecule has 41 heavy (non-hydrogen) atoms. The average molecular weight is 562 g/mol. The Morgan fingerprint density at radius 3 is 2.66 bits per heavy atom. The predicted molar refractivity (Wildman–Crippen MR) is 150 cm³/mol. The van der Waals surface area contributed by atoms with E-state index in [1.807, 2.05) is 35.2 Å². The summed E-state index contributed by atoms with van der Waals surface area (Å²) in [6.45, 7) is 1.83. The normalized spacial score (nSPS) is 26.9. The number of hydrogen-bond acceptors (Lipinski definition) is 7. The molecule has 0 amide bonds. The highest BCUT2D eigenvalue weighted by Crippen LogP contribution is 2.46. The molecular weight excluding hydrogens is 531 g/mol. The Hall–Kier alpha value is -3.63. The van der Waals surface area contributed by atoms with Crippen LogP contribution in [0.25, 0.3) is 32.8 Å². The Morgan fingerprint density at radius 1 is 1.02 bits per heavy atom. The van der Waals surface area contributed by atoms with Gasteiger partial charge in [-0.2, -0.15) is 9.97 Å². The van der Waals surface area contributed by atoms with Gasteiger partial charge in [0.1, 0.15) is 23.7 Å². The molecule has 1 aromatic heterocycles. The van der Waals surface area contributed by atoms with Crippen LogP contribution in [0.5, 0.6) is 11.8 Å². The minimum Gasteiger partial charge on any atom is -0.508 e. The number of fused-ring (bicyclic) bond motifs is 5. The SMILES string of the molecule is Oc1cc(-c2ccc3c(N4CC5CC(C4)N5)nc(OCC45CCCN4CC(F)(F)C5)nc3c2F)c2ccccc2c1. The first-order valence-corrected chi connectivity index (χ1v) is 14.3. The number of aromatic hydroxyl groups is 1. The zero-order valence-corrected chi connectivity index (χ0v) is 22.4. The Kier molecular flexibility index (Phi) is 5.47. The molecule has 3 aromatic carbocycles. The van der Waals surface area contributed by atoms with E-state index < -0.39 is 17.3 Å². The van der Waals surface area contributed by atoms with Crippen molar-refractivity contribution < 1.29 is 23.0 Å². The Balaban J connectivity index is 1.24. The molecule has 4 aromatic rings. The van der Waals surface area contributed by atoms with Crippen LogP contribution in [0.15, 0.2) is 48.5 Å². The minimum absolute atomic E-state index is 0.00651. The molecule has 0 saturated carbocycles. The van der Waals surface area contributed by atoms with Crippen molar-refractivity contribution in [1.29, 1.82) is 0 Å². The third kappa shape index (κ3) is 4.10. The lowest BCUT2D eigenvalue weighted by Crippen LogP contribution is -2.67. The molecular formula is C31H30F3N5O2. The topological polar surface area (TPSA) is 73.8 Å². The number of nitrogens with zero attached hydrogens (tertiary/aromatic N) is 4. The molecule has 5 saturated heterocycles. The van der Waals surface area contributed by atoms with E-state index in [1.54, 1.807) is 18.2 Å². The highest BCUT2D eigenvalue weighted by Gasteiger charge is 2.57. The summed E-state index contributed by atoms with van der Waals surface area (Å²) in [5.41, 5.74) is 0.207. The fraction of sp³-hybridized carbons (Fsp3) is 0.419. The van der Waals surface area contributed by atoms with Crippen molar-refractivity contribution in [2.45, 2.75) is 49.2 Å². The highest BCUT2D eigenvalue weighted by molar-refractivity contribution is 6.01. The van der Waals surface area contributed by atoms with E-state index in [2.05, 4.69) is 15.2 Å². The molecule has 0 aliphatic carbocycles. The molecule has 5 aliphatic rings. The van der Waals surface area contributed by atoms with E-state index in [4.69, 9.17) is 9.72 Å². The second-order valence-corrected chi connectivity index (χ2v) is 12.1. The third-order valence-corrected chi connectivity index (χ3v) is 9.35. The van der Waals surface area contributed by atoms with Gasteiger partial charge in [-0.25, -0.2) is 13.2 Å². The summed E-state index contributed by atoms with van der Waals surface area (Å²) in [6.07, 6.45) is 2.29. The van der Waals surface area contributed by atoms with Crippen molar-refractivity contribution in [2.75, 3.05) is 37.7 Å². The lowest BCUT2D eigenvalue weighted by molar-refractivity contribution is 0.00804. The van der Waals surface area contributed by atoms with Gasteiger partial charge in [-0.1, -0.05) is 30.3 Å². The Morgan fingerprint density at radius 2 is 1.83 bits per heavy atom. The first-order chi connectivity index (χ1) is 19.8. The standard InChI is InChI=1S/C31H30F3N5O2/c32-26-23(25-12-21(40)10-18-4-1-2-5-22(18)25)6-7-24-27(26)36-29(37-28(24)38-13-19-11-20(14-38)35-19)41-17-30-8-3-9-39(30)16-31(33,34)15-30/h1-2,4-7,10,12,19-20,35,40H,3,8-9,11,13-17H2. The number of ether oxygens (including phenoxy) is 1. The number of hydrogen-bond donors (Lipinski definition) is 2. The van der Waals surface area contributed by atoms with E-state index in [1.165, 1.54) is 0 Å². The average Bonchev–Trinajstić information content (AvgIpc) is 3.43. The molecule has 5 fully saturated rings.